The number of halogens is 2. The Morgan fingerprint density at radius 3 is 2.58 bits per heavy atom. The molecule has 5 rings (SSSR count). The molecule has 3 heterocycles. The van der Waals surface area contributed by atoms with E-state index in [9.17, 15) is 4.79 Å². The second-order valence-corrected chi connectivity index (χ2v) is 8.41. The summed E-state index contributed by atoms with van der Waals surface area (Å²) in [5.41, 5.74) is 2.67. The molecule has 2 aliphatic heterocycles. The maximum Gasteiger partial charge on any atom is 0.283 e. The topological polar surface area (TPSA) is 69.7 Å². The number of hydrogen-bond donors (Lipinski definition) is 1. The summed E-state index contributed by atoms with van der Waals surface area (Å²) in [6.45, 7) is 0. The van der Waals surface area contributed by atoms with Crippen molar-refractivity contribution in [1.82, 2.24) is 4.90 Å². The number of furan rings is 1. The third-order valence-electron chi connectivity index (χ3n) is 4.80. The van der Waals surface area contributed by atoms with E-state index in [1.54, 1.807) is 35.2 Å². The van der Waals surface area contributed by atoms with Crippen molar-refractivity contribution in [3.63, 3.8) is 0 Å². The highest BCUT2D eigenvalue weighted by atomic mass is 35.5. The zero-order valence-electron chi connectivity index (χ0n) is 15.8. The summed E-state index contributed by atoms with van der Waals surface area (Å²) in [5.74, 6) is 0.595. The SMILES string of the molecule is N=C1/C(=C/c2ccc(-c3ccc(Cl)c(Cl)c3)o2)C(=O)N=C2SC=C(c3ccccc3)N12. The first-order valence-corrected chi connectivity index (χ1v) is 10.9. The van der Waals surface area contributed by atoms with Crippen LogP contribution in [0.15, 0.2) is 81.1 Å². The van der Waals surface area contributed by atoms with Gasteiger partial charge in [-0.25, -0.2) is 0 Å². The summed E-state index contributed by atoms with van der Waals surface area (Å²) in [4.78, 5) is 18.5. The van der Waals surface area contributed by atoms with E-state index >= 15 is 0 Å². The maximum absolute atomic E-state index is 12.6. The van der Waals surface area contributed by atoms with E-state index in [0.717, 1.165) is 16.8 Å². The number of aliphatic imine (C=N–C) groups is 1. The van der Waals surface area contributed by atoms with Crippen LogP contribution in [0, 0.1) is 5.41 Å². The van der Waals surface area contributed by atoms with Crippen LogP contribution in [-0.2, 0) is 4.79 Å². The molecule has 0 radical (unpaired) electrons. The summed E-state index contributed by atoms with van der Waals surface area (Å²) in [6, 6.07) is 18.4. The van der Waals surface area contributed by atoms with Gasteiger partial charge in [-0.3, -0.25) is 15.1 Å². The second kappa shape index (κ2) is 7.89. The fourth-order valence-electron chi connectivity index (χ4n) is 3.29. The second-order valence-electron chi connectivity index (χ2n) is 6.76. The van der Waals surface area contributed by atoms with Gasteiger partial charge in [0.2, 0.25) is 0 Å². The van der Waals surface area contributed by atoms with Crippen molar-refractivity contribution in [3.05, 3.63) is 93.0 Å². The lowest BCUT2D eigenvalue weighted by molar-refractivity contribution is -0.114. The van der Waals surface area contributed by atoms with E-state index in [0.29, 0.717) is 26.7 Å². The highest BCUT2D eigenvalue weighted by Gasteiger charge is 2.36. The Bertz CT molecular complexity index is 1330. The highest BCUT2D eigenvalue weighted by molar-refractivity contribution is 8.17. The van der Waals surface area contributed by atoms with Gasteiger partial charge in [0.25, 0.3) is 5.91 Å². The zero-order valence-corrected chi connectivity index (χ0v) is 18.1. The molecule has 31 heavy (non-hydrogen) atoms. The number of fused-ring (bicyclic) bond motifs is 1. The molecule has 0 atom stereocenters. The normalized spacial score (nSPS) is 17.1. The van der Waals surface area contributed by atoms with Crippen molar-refractivity contribution in [2.45, 2.75) is 0 Å². The number of rotatable bonds is 3. The Labute approximate surface area is 192 Å². The summed E-state index contributed by atoms with van der Waals surface area (Å²) in [6.07, 6.45) is 1.54. The average molecular weight is 466 g/mol. The van der Waals surface area contributed by atoms with E-state index in [1.807, 2.05) is 35.7 Å². The Morgan fingerprint density at radius 2 is 1.81 bits per heavy atom. The number of hydrogen-bond acceptors (Lipinski definition) is 4. The third kappa shape index (κ3) is 3.63. The molecule has 1 amide bonds. The van der Waals surface area contributed by atoms with Gasteiger partial charge in [0.15, 0.2) is 5.17 Å². The predicted octanol–water partition coefficient (Wildman–Crippen LogP) is 6.56. The van der Waals surface area contributed by atoms with Crippen molar-refractivity contribution in [2.75, 3.05) is 0 Å². The summed E-state index contributed by atoms with van der Waals surface area (Å²) in [5, 5.41) is 11.9. The molecule has 0 bridgehead atoms. The van der Waals surface area contributed by atoms with Gasteiger partial charge in [0.1, 0.15) is 17.4 Å². The largest absolute Gasteiger partial charge is 0.457 e. The van der Waals surface area contributed by atoms with Gasteiger partial charge in [-0.2, -0.15) is 4.99 Å². The minimum Gasteiger partial charge on any atom is -0.457 e. The molecule has 0 saturated carbocycles. The number of carbonyl (C=O) groups is 1. The van der Waals surface area contributed by atoms with Crippen molar-refractivity contribution in [1.29, 1.82) is 5.41 Å². The van der Waals surface area contributed by atoms with E-state index in [4.69, 9.17) is 33.0 Å². The standard InChI is InChI=1S/C23H13Cl2N3O2S/c24-17-8-6-14(10-18(17)25)20-9-7-15(30-20)11-16-21(26)28-19(13-4-2-1-3-5-13)12-31-23(28)27-22(16)29/h1-12,26H/b16-11-,26-21?. The zero-order chi connectivity index (χ0) is 21.5. The lowest BCUT2D eigenvalue weighted by Gasteiger charge is -2.26. The molecular formula is C23H13Cl2N3O2S. The van der Waals surface area contributed by atoms with Crippen molar-refractivity contribution < 1.29 is 9.21 Å². The first-order valence-electron chi connectivity index (χ1n) is 9.22. The molecule has 8 heteroatoms. The molecule has 1 aromatic heterocycles. The third-order valence-corrected chi connectivity index (χ3v) is 6.37. The van der Waals surface area contributed by atoms with Crippen LogP contribution in [0.4, 0.5) is 0 Å². The molecule has 0 spiro atoms. The minimum absolute atomic E-state index is 0.0580. The molecule has 3 aromatic rings. The smallest absolute Gasteiger partial charge is 0.283 e. The van der Waals surface area contributed by atoms with Gasteiger partial charge < -0.3 is 4.42 Å². The number of nitrogens with zero attached hydrogens (tertiary/aromatic N) is 2. The Kier molecular flexibility index (Phi) is 5.06. The first-order chi connectivity index (χ1) is 15.0. The van der Waals surface area contributed by atoms with Gasteiger partial charge in [-0.1, -0.05) is 65.3 Å². The summed E-state index contributed by atoms with van der Waals surface area (Å²) >= 11 is 13.4. The van der Waals surface area contributed by atoms with Gasteiger partial charge in [0, 0.05) is 11.0 Å². The number of amides is 1. The van der Waals surface area contributed by atoms with E-state index in [-0.39, 0.29) is 11.4 Å². The van der Waals surface area contributed by atoms with Crippen LogP contribution in [0.5, 0.6) is 0 Å². The Morgan fingerprint density at radius 1 is 1.00 bits per heavy atom. The Balaban J connectivity index is 1.48. The van der Waals surface area contributed by atoms with Gasteiger partial charge >= 0.3 is 0 Å². The number of thioether (sulfide) groups is 1. The fourth-order valence-corrected chi connectivity index (χ4v) is 4.48. The summed E-state index contributed by atoms with van der Waals surface area (Å²) in [7, 11) is 0. The molecule has 0 aliphatic carbocycles. The molecule has 5 nitrogen and oxygen atoms in total. The lowest BCUT2D eigenvalue weighted by Crippen LogP contribution is -2.37. The Hall–Kier alpha value is -3.06. The van der Waals surface area contributed by atoms with Crippen LogP contribution >= 0.6 is 35.0 Å². The van der Waals surface area contributed by atoms with Crippen LogP contribution in [-0.4, -0.2) is 21.8 Å². The number of amidine groups is 2. The molecule has 152 valence electrons. The van der Waals surface area contributed by atoms with Gasteiger partial charge in [0.05, 0.1) is 21.3 Å². The van der Waals surface area contributed by atoms with Crippen molar-refractivity contribution >= 4 is 63.6 Å². The van der Waals surface area contributed by atoms with Gasteiger partial charge in [-0.15, -0.1) is 0 Å². The quantitative estimate of drug-likeness (QED) is 0.444. The first kappa shape index (κ1) is 19.9. The van der Waals surface area contributed by atoms with E-state index in [2.05, 4.69) is 4.99 Å². The molecule has 0 fully saturated rings. The van der Waals surface area contributed by atoms with Crippen LogP contribution in [0.25, 0.3) is 23.1 Å². The average Bonchev–Trinajstić information content (AvgIpc) is 3.41. The highest BCUT2D eigenvalue weighted by Crippen LogP contribution is 2.37. The van der Waals surface area contributed by atoms with Crippen LogP contribution < -0.4 is 0 Å². The fraction of sp³-hybridized carbons (Fsp3) is 0. The summed E-state index contributed by atoms with van der Waals surface area (Å²) < 4.78 is 5.87. The number of benzene rings is 2. The number of carbonyl (C=O) groups excluding carboxylic acids is 1. The van der Waals surface area contributed by atoms with Crippen LogP contribution in [0.2, 0.25) is 10.0 Å². The minimum atomic E-state index is -0.473. The van der Waals surface area contributed by atoms with E-state index in [1.165, 1.54) is 17.8 Å². The lowest BCUT2D eigenvalue weighted by atomic mass is 10.1. The molecule has 1 N–H and O–H groups in total. The molecule has 2 aliphatic rings. The molecule has 0 unspecified atom stereocenters. The van der Waals surface area contributed by atoms with Crippen LogP contribution in [0.1, 0.15) is 11.3 Å². The number of nitrogens with one attached hydrogen (secondary N) is 1. The van der Waals surface area contributed by atoms with Crippen LogP contribution in [0.3, 0.4) is 0 Å². The molecule has 0 saturated heterocycles. The molecular weight excluding hydrogens is 453 g/mol. The monoisotopic (exact) mass is 465 g/mol. The van der Waals surface area contributed by atoms with Crippen molar-refractivity contribution in [3.8, 4) is 11.3 Å². The maximum atomic E-state index is 12.6. The molecule has 2 aromatic carbocycles. The van der Waals surface area contributed by atoms with E-state index < -0.39 is 5.91 Å². The predicted molar refractivity (Wildman–Crippen MR) is 126 cm³/mol. The van der Waals surface area contributed by atoms with Gasteiger partial charge in [-0.05, 0) is 42.0 Å². The van der Waals surface area contributed by atoms with Crippen molar-refractivity contribution in [2.24, 2.45) is 4.99 Å².